The van der Waals surface area contributed by atoms with Gasteiger partial charge >= 0.3 is 0 Å². The van der Waals surface area contributed by atoms with Crippen LogP contribution in [0.2, 0.25) is 10.0 Å². The average molecular weight is 308 g/mol. The fraction of sp³-hybridized carbons (Fsp3) is 0.188. The highest BCUT2D eigenvalue weighted by atomic mass is 35.5. The van der Waals surface area contributed by atoms with E-state index >= 15 is 0 Å². The number of carbonyl (C=O) groups excluding carboxylic acids is 1. The van der Waals surface area contributed by atoms with Gasteiger partial charge in [-0.25, -0.2) is 0 Å². The third kappa shape index (κ3) is 3.99. The topological polar surface area (TPSA) is 29.1 Å². The maximum atomic E-state index is 12.0. The van der Waals surface area contributed by atoms with E-state index in [0.717, 1.165) is 5.56 Å². The van der Waals surface area contributed by atoms with E-state index in [1.807, 2.05) is 37.3 Å². The molecule has 4 heteroatoms. The van der Waals surface area contributed by atoms with Crippen LogP contribution in [0.25, 0.3) is 0 Å². The zero-order chi connectivity index (χ0) is 14.5. The normalized spacial score (nSPS) is 11.9. The van der Waals surface area contributed by atoms with E-state index in [9.17, 15) is 4.79 Å². The van der Waals surface area contributed by atoms with Crippen LogP contribution in [0.1, 0.15) is 24.8 Å². The van der Waals surface area contributed by atoms with Gasteiger partial charge in [0, 0.05) is 11.4 Å². The highest BCUT2D eigenvalue weighted by Crippen LogP contribution is 2.26. The lowest BCUT2D eigenvalue weighted by Crippen LogP contribution is -2.14. The minimum absolute atomic E-state index is 0.0782. The van der Waals surface area contributed by atoms with Crippen molar-refractivity contribution in [3.8, 4) is 0 Å². The molecule has 0 aliphatic carbocycles. The van der Waals surface area contributed by atoms with Crippen LogP contribution >= 0.6 is 23.2 Å². The second-order valence-electron chi connectivity index (χ2n) is 4.69. The van der Waals surface area contributed by atoms with Gasteiger partial charge < -0.3 is 5.32 Å². The van der Waals surface area contributed by atoms with Crippen LogP contribution in [0.4, 0.5) is 5.69 Å². The molecule has 0 saturated heterocycles. The molecule has 0 aromatic heterocycles. The van der Waals surface area contributed by atoms with Crippen LogP contribution in [0.15, 0.2) is 48.5 Å². The first kappa shape index (κ1) is 14.9. The summed E-state index contributed by atoms with van der Waals surface area (Å²) in [5.74, 6) is 0.0691. The van der Waals surface area contributed by atoms with Gasteiger partial charge in [-0.1, -0.05) is 60.5 Å². The van der Waals surface area contributed by atoms with Gasteiger partial charge in [-0.3, -0.25) is 4.79 Å². The first-order chi connectivity index (χ1) is 9.56. The zero-order valence-electron chi connectivity index (χ0n) is 11.1. The lowest BCUT2D eigenvalue weighted by Gasteiger charge is -2.13. The molecule has 2 nitrogen and oxygen atoms in total. The van der Waals surface area contributed by atoms with Crippen molar-refractivity contribution in [2.45, 2.75) is 19.3 Å². The van der Waals surface area contributed by atoms with E-state index in [2.05, 4.69) is 5.32 Å². The molecule has 0 aliphatic heterocycles. The van der Waals surface area contributed by atoms with Gasteiger partial charge in [0.05, 0.1) is 10.7 Å². The quantitative estimate of drug-likeness (QED) is 0.834. The number of halogens is 2. The molecule has 20 heavy (non-hydrogen) atoms. The molecule has 1 atom stereocenters. The number of nitrogens with one attached hydrogen (secondary N) is 1. The van der Waals surface area contributed by atoms with Crippen LogP contribution < -0.4 is 5.32 Å². The summed E-state index contributed by atoms with van der Waals surface area (Å²) in [7, 11) is 0. The van der Waals surface area contributed by atoms with E-state index in [1.165, 1.54) is 0 Å². The Bertz CT molecular complexity index is 599. The first-order valence-corrected chi connectivity index (χ1v) is 7.11. The highest BCUT2D eigenvalue weighted by molar-refractivity contribution is 6.35. The lowest BCUT2D eigenvalue weighted by atomic mass is 9.97. The van der Waals surface area contributed by atoms with Gasteiger partial charge in [0.1, 0.15) is 0 Å². The van der Waals surface area contributed by atoms with Crippen molar-refractivity contribution in [2.24, 2.45) is 0 Å². The molecule has 0 spiro atoms. The number of hydrogen-bond acceptors (Lipinski definition) is 1. The van der Waals surface area contributed by atoms with Crippen molar-refractivity contribution in [1.29, 1.82) is 0 Å². The van der Waals surface area contributed by atoms with Crippen LogP contribution in [-0.4, -0.2) is 5.91 Å². The Labute approximate surface area is 128 Å². The predicted octanol–water partition coefficient (Wildman–Crippen LogP) is 5.13. The summed E-state index contributed by atoms with van der Waals surface area (Å²) in [6, 6.07) is 14.9. The molecule has 1 amide bonds. The van der Waals surface area contributed by atoms with E-state index in [0.29, 0.717) is 22.2 Å². The maximum absolute atomic E-state index is 12.0. The molecule has 2 rings (SSSR count). The fourth-order valence-corrected chi connectivity index (χ4v) is 2.31. The van der Waals surface area contributed by atoms with Crippen LogP contribution in [0.3, 0.4) is 0 Å². The van der Waals surface area contributed by atoms with Crippen LogP contribution in [-0.2, 0) is 4.79 Å². The molecule has 0 unspecified atom stereocenters. The third-order valence-electron chi connectivity index (χ3n) is 3.06. The van der Waals surface area contributed by atoms with Crippen molar-refractivity contribution < 1.29 is 4.79 Å². The average Bonchev–Trinajstić information content (AvgIpc) is 2.43. The minimum atomic E-state index is -0.0782. The number of hydrogen-bond donors (Lipinski definition) is 1. The summed E-state index contributed by atoms with van der Waals surface area (Å²) in [5.41, 5.74) is 1.68. The summed E-state index contributed by atoms with van der Waals surface area (Å²) in [4.78, 5) is 12.0. The molecule has 0 fully saturated rings. The number of benzene rings is 2. The molecule has 2 aromatic carbocycles. The third-order valence-corrected chi connectivity index (χ3v) is 3.63. The Kier molecular flexibility index (Phi) is 5.05. The molecule has 0 radical (unpaired) electrons. The summed E-state index contributed by atoms with van der Waals surface area (Å²) >= 11 is 11.9. The summed E-state index contributed by atoms with van der Waals surface area (Å²) < 4.78 is 0. The lowest BCUT2D eigenvalue weighted by molar-refractivity contribution is -0.116. The number of amides is 1. The monoisotopic (exact) mass is 307 g/mol. The SMILES string of the molecule is C[C@H](CC(=O)Nc1cc(Cl)ccc1Cl)c1ccccc1. The number of carbonyl (C=O) groups is 1. The second kappa shape index (κ2) is 6.78. The van der Waals surface area contributed by atoms with Gasteiger partial charge in [-0.2, -0.15) is 0 Å². The van der Waals surface area contributed by atoms with Gasteiger partial charge in [0.2, 0.25) is 5.91 Å². The molecular weight excluding hydrogens is 293 g/mol. The molecule has 0 heterocycles. The largest absolute Gasteiger partial charge is 0.325 e. The molecule has 1 N–H and O–H groups in total. The zero-order valence-corrected chi connectivity index (χ0v) is 12.6. The van der Waals surface area contributed by atoms with Crippen molar-refractivity contribution in [3.05, 3.63) is 64.1 Å². The Morgan fingerprint density at radius 2 is 1.85 bits per heavy atom. The summed E-state index contributed by atoms with van der Waals surface area (Å²) in [6.07, 6.45) is 0.396. The minimum Gasteiger partial charge on any atom is -0.325 e. The van der Waals surface area contributed by atoms with Gasteiger partial charge in [-0.15, -0.1) is 0 Å². The van der Waals surface area contributed by atoms with E-state index in [1.54, 1.807) is 18.2 Å². The Morgan fingerprint density at radius 3 is 2.55 bits per heavy atom. The second-order valence-corrected chi connectivity index (χ2v) is 5.53. The molecule has 104 valence electrons. The van der Waals surface area contributed by atoms with E-state index in [-0.39, 0.29) is 11.8 Å². The van der Waals surface area contributed by atoms with E-state index in [4.69, 9.17) is 23.2 Å². The Balaban J connectivity index is 2.01. The van der Waals surface area contributed by atoms with Crippen LogP contribution in [0.5, 0.6) is 0 Å². The smallest absolute Gasteiger partial charge is 0.225 e. The van der Waals surface area contributed by atoms with Crippen molar-refractivity contribution in [1.82, 2.24) is 0 Å². The summed E-state index contributed by atoms with van der Waals surface area (Å²) in [5, 5.41) is 3.82. The fourth-order valence-electron chi connectivity index (χ4n) is 1.97. The molecule has 0 saturated carbocycles. The molecule has 2 aromatic rings. The van der Waals surface area contributed by atoms with Crippen molar-refractivity contribution >= 4 is 34.8 Å². The summed E-state index contributed by atoms with van der Waals surface area (Å²) in [6.45, 7) is 2.02. The first-order valence-electron chi connectivity index (χ1n) is 6.36. The Morgan fingerprint density at radius 1 is 1.15 bits per heavy atom. The molecule has 0 aliphatic rings. The predicted molar refractivity (Wildman–Crippen MR) is 84.6 cm³/mol. The highest BCUT2D eigenvalue weighted by Gasteiger charge is 2.12. The number of rotatable bonds is 4. The van der Waals surface area contributed by atoms with Crippen LogP contribution in [0, 0.1) is 0 Å². The van der Waals surface area contributed by atoms with Gasteiger partial charge in [0.15, 0.2) is 0 Å². The molecular formula is C16H15Cl2NO. The Hall–Kier alpha value is -1.51. The maximum Gasteiger partial charge on any atom is 0.225 e. The van der Waals surface area contributed by atoms with Gasteiger partial charge in [0.25, 0.3) is 0 Å². The van der Waals surface area contributed by atoms with Crippen molar-refractivity contribution in [2.75, 3.05) is 5.32 Å². The molecule has 0 bridgehead atoms. The van der Waals surface area contributed by atoms with Crippen molar-refractivity contribution in [3.63, 3.8) is 0 Å². The number of anilines is 1. The van der Waals surface area contributed by atoms with E-state index < -0.39 is 0 Å². The van der Waals surface area contributed by atoms with Gasteiger partial charge in [-0.05, 0) is 29.7 Å². The standard InChI is InChI=1S/C16H15Cl2NO/c1-11(12-5-3-2-4-6-12)9-16(20)19-15-10-13(17)7-8-14(15)18/h2-8,10-11H,9H2,1H3,(H,19,20)/t11-/m1/s1.